The number of carbonyl (C=O) groups is 2. The van der Waals surface area contributed by atoms with E-state index in [2.05, 4.69) is 5.32 Å². The van der Waals surface area contributed by atoms with E-state index in [-0.39, 0.29) is 24.9 Å². The zero-order valence-corrected chi connectivity index (χ0v) is 21.6. The van der Waals surface area contributed by atoms with E-state index in [0.717, 1.165) is 16.7 Å². The minimum Gasteiger partial charge on any atom is -0.496 e. The summed E-state index contributed by atoms with van der Waals surface area (Å²) >= 11 is 6.44. The molecule has 1 N–H and O–H groups in total. The number of methoxy groups -OCH3 is 1. The number of aryl methyl sites for hydroxylation is 1. The van der Waals surface area contributed by atoms with E-state index in [1.807, 2.05) is 73.7 Å². The third kappa shape index (κ3) is 4.47. The fraction of sp³-hybridized carbons (Fsp3) is 0.207. The van der Waals surface area contributed by atoms with E-state index in [1.54, 1.807) is 30.8 Å². The van der Waals surface area contributed by atoms with Gasteiger partial charge >= 0.3 is 0 Å². The summed E-state index contributed by atoms with van der Waals surface area (Å²) in [5, 5.41) is 8.23. The van der Waals surface area contributed by atoms with Crippen LogP contribution < -0.4 is 15.0 Å². The summed E-state index contributed by atoms with van der Waals surface area (Å²) in [6, 6.07) is 24.3. The van der Waals surface area contributed by atoms with Gasteiger partial charge in [0.05, 0.1) is 19.3 Å². The van der Waals surface area contributed by atoms with Crippen LogP contribution in [0.15, 0.2) is 78.9 Å². The van der Waals surface area contributed by atoms with Crippen LogP contribution in [0.4, 0.5) is 5.69 Å². The minimum absolute atomic E-state index is 0.171. The van der Waals surface area contributed by atoms with Crippen LogP contribution in [-0.2, 0) is 17.9 Å². The maximum atomic E-state index is 14.0. The first-order chi connectivity index (χ1) is 17.8. The Morgan fingerprint density at radius 1 is 1.08 bits per heavy atom. The lowest BCUT2D eigenvalue weighted by atomic mass is 9.93. The number of rotatable bonds is 6. The highest BCUT2D eigenvalue weighted by atomic mass is 35.5. The molecule has 0 bridgehead atoms. The molecule has 2 heterocycles. The number of hydrogen-bond donors (Lipinski definition) is 1. The summed E-state index contributed by atoms with van der Waals surface area (Å²) in [5.74, 6) is 0.0402. The maximum absolute atomic E-state index is 14.0. The SMILES string of the molecule is COc1ccccc1CNC(=O)[C@@]1(C)Cn2nc(-c3ccccc3)cc2C(=O)N1c1ccc(C)c(Cl)c1. The molecule has 8 heteroatoms. The Morgan fingerprint density at radius 3 is 2.54 bits per heavy atom. The van der Waals surface area contributed by atoms with E-state index in [9.17, 15) is 9.59 Å². The van der Waals surface area contributed by atoms with Crippen molar-refractivity contribution in [1.82, 2.24) is 15.1 Å². The van der Waals surface area contributed by atoms with Gasteiger partial charge in [0.1, 0.15) is 17.0 Å². The van der Waals surface area contributed by atoms with E-state index < -0.39 is 5.54 Å². The second kappa shape index (κ2) is 9.75. The average molecular weight is 515 g/mol. The number of para-hydroxylation sites is 1. The molecule has 5 rings (SSSR count). The molecule has 2 amide bonds. The number of nitrogens with zero attached hydrogens (tertiary/aromatic N) is 3. The smallest absolute Gasteiger partial charge is 0.277 e. The first-order valence-corrected chi connectivity index (χ1v) is 12.3. The van der Waals surface area contributed by atoms with Crippen molar-refractivity contribution in [3.05, 3.63) is 101 Å². The highest BCUT2D eigenvalue weighted by molar-refractivity contribution is 6.31. The van der Waals surface area contributed by atoms with Gasteiger partial charge in [0, 0.05) is 28.4 Å². The number of amides is 2. The van der Waals surface area contributed by atoms with Crippen molar-refractivity contribution in [1.29, 1.82) is 0 Å². The Morgan fingerprint density at radius 2 is 1.81 bits per heavy atom. The Balaban J connectivity index is 1.55. The largest absolute Gasteiger partial charge is 0.496 e. The van der Waals surface area contributed by atoms with Gasteiger partial charge in [-0.05, 0) is 43.7 Å². The molecule has 0 radical (unpaired) electrons. The highest BCUT2D eigenvalue weighted by Crippen LogP contribution is 2.36. The molecule has 7 nitrogen and oxygen atoms in total. The Labute approximate surface area is 220 Å². The molecule has 3 aromatic carbocycles. The second-order valence-electron chi connectivity index (χ2n) is 9.28. The van der Waals surface area contributed by atoms with E-state index in [1.165, 1.54) is 4.90 Å². The van der Waals surface area contributed by atoms with Crippen molar-refractivity contribution in [3.63, 3.8) is 0 Å². The molecule has 1 atom stereocenters. The Hall–Kier alpha value is -4.10. The van der Waals surface area contributed by atoms with Gasteiger partial charge in [0.2, 0.25) is 5.91 Å². The molecule has 0 spiro atoms. The van der Waals surface area contributed by atoms with E-state index in [0.29, 0.717) is 27.8 Å². The zero-order chi connectivity index (χ0) is 26.2. The summed E-state index contributed by atoms with van der Waals surface area (Å²) in [4.78, 5) is 29.3. The first kappa shape index (κ1) is 24.6. The number of halogens is 1. The summed E-state index contributed by atoms with van der Waals surface area (Å²) in [5.41, 5.74) is 2.96. The molecule has 0 unspecified atom stereocenters. The van der Waals surface area contributed by atoms with Crippen LogP contribution in [-0.4, -0.2) is 34.2 Å². The van der Waals surface area contributed by atoms with Gasteiger partial charge in [-0.2, -0.15) is 5.10 Å². The molecule has 0 saturated carbocycles. The molecule has 37 heavy (non-hydrogen) atoms. The highest BCUT2D eigenvalue weighted by Gasteiger charge is 2.49. The molecule has 0 saturated heterocycles. The summed E-state index contributed by atoms with van der Waals surface area (Å²) < 4.78 is 7.05. The van der Waals surface area contributed by atoms with Crippen LogP contribution in [0.2, 0.25) is 5.02 Å². The predicted octanol–water partition coefficient (Wildman–Crippen LogP) is 5.26. The number of nitrogens with one attached hydrogen (secondary N) is 1. The quantitative estimate of drug-likeness (QED) is 0.381. The molecule has 0 fully saturated rings. The van der Waals surface area contributed by atoms with Crippen molar-refractivity contribution in [2.45, 2.75) is 32.5 Å². The molecule has 1 aromatic heterocycles. The summed E-state index contributed by atoms with van der Waals surface area (Å²) in [6.45, 7) is 4.06. The lowest BCUT2D eigenvalue weighted by molar-refractivity contribution is -0.126. The van der Waals surface area contributed by atoms with E-state index in [4.69, 9.17) is 21.4 Å². The Kier molecular flexibility index (Phi) is 6.48. The number of carbonyl (C=O) groups excluding carboxylic acids is 2. The van der Waals surface area contributed by atoms with Gasteiger partial charge < -0.3 is 10.1 Å². The van der Waals surface area contributed by atoms with Crippen molar-refractivity contribution < 1.29 is 14.3 Å². The van der Waals surface area contributed by atoms with Gasteiger partial charge in [-0.25, -0.2) is 0 Å². The molecule has 188 valence electrons. The zero-order valence-electron chi connectivity index (χ0n) is 20.9. The van der Waals surface area contributed by atoms with Crippen LogP contribution in [0.25, 0.3) is 11.3 Å². The lowest BCUT2D eigenvalue weighted by Gasteiger charge is -2.43. The second-order valence-corrected chi connectivity index (χ2v) is 9.69. The number of benzene rings is 3. The van der Waals surface area contributed by atoms with Gasteiger partial charge in [0.25, 0.3) is 5.91 Å². The van der Waals surface area contributed by atoms with Crippen molar-refractivity contribution in [2.24, 2.45) is 0 Å². The third-order valence-electron chi connectivity index (χ3n) is 6.76. The number of hydrogen-bond acceptors (Lipinski definition) is 4. The molecule has 0 aliphatic carbocycles. The molecular weight excluding hydrogens is 488 g/mol. The molecule has 1 aliphatic heterocycles. The standard InChI is InChI=1S/C29H27ClN4O3/c1-19-13-14-22(15-23(19)30)34-27(35)25-16-24(20-9-5-4-6-10-20)32-33(25)18-29(34,2)28(36)31-17-21-11-7-8-12-26(21)37-3/h4-16H,17-18H2,1-3H3,(H,31,36)/t29-/m1/s1. The predicted molar refractivity (Wildman–Crippen MR) is 144 cm³/mol. The normalized spacial score (nSPS) is 16.9. The number of ether oxygens (including phenoxy) is 1. The summed E-state index contributed by atoms with van der Waals surface area (Å²) in [6.07, 6.45) is 0. The average Bonchev–Trinajstić information content (AvgIpc) is 3.34. The molecule has 1 aliphatic rings. The van der Waals surface area contributed by atoms with Crippen molar-refractivity contribution >= 4 is 29.1 Å². The van der Waals surface area contributed by atoms with Crippen LogP contribution in [0.3, 0.4) is 0 Å². The first-order valence-electron chi connectivity index (χ1n) is 12.0. The topological polar surface area (TPSA) is 76.5 Å². The van der Waals surface area contributed by atoms with Crippen LogP contribution in [0, 0.1) is 6.92 Å². The van der Waals surface area contributed by atoms with Gasteiger partial charge in [-0.1, -0.05) is 66.2 Å². The molecular formula is C29H27ClN4O3. The van der Waals surface area contributed by atoms with Gasteiger partial charge in [0.15, 0.2) is 0 Å². The number of aromatic nitrogens is 2. The summed E-state index contributed by atoms with van der Waals surface area (Å²) in [7, 11) is 1.59. The van der Waals surface area contributed by atoms with Crippen LogP contribution >= 0.6 is 11.6 Å². The Bertz CT molecular complexity index is 1480. The maximum Gasteiger partial charge on any atom is 0.277 e. The van der Waals surface area contributed by atoms with E-state index >= 15 is 0 Å². The molecule has 4 aromatic rings. The fourth-order valence-electron chi connectivity index (χ4n) is 4.67. The van der Waals surface area contributed by atoms with Gasteiger partial charge in [-0.15, -0.1) is 0 Å². The number of fused-ring (bicyclic) bond motifs is 1. The van der Waals surface area contributed by atoms with Crippen molar-refractivity contribution in [3.8, 4) is 17.0 Å². The minimum atomic E-state index is -1.27. The fourth-order valence-corrected chi connectivity index (χ4v) is 4.85. The number of anilines is 1. The lowest BCUT2D eigenvalue weighted by Crippen LogP contribution is -2.64. The van der Waals surface area contributed by atoms with Crippen molar-refractivity contribution in [2.75, 3.05) is 12.0 Å². The van der Waals surface area contributed by atoms with Gasteiger partial charge in [-0.3, -0.25) is 19.2 Å². The van der Waals surface area contributed by atoms with Crippen LogP contribution in [0.1, 0.15) is 28.5 Å². The van der Waals surface area contributed by atoms with Crippen LogP contribution in [0.5, 0.6) is 5.75 Å². The monoisotopic (exact) mass is 514 g/mol. The third-order valence-corrected chi connectivity index (χ3v) is 7.16.